The maximum atomic E-state index is 12.8. The van der Waals surface area contributed by atoms with E-state index in [-0.39, 0.29) is 29.9 Å². The maximum Gasteiger partial charge on any atom is 0.263 e. The van der Waals surface area contributed by atoms with Crippen molar-refractivity contribution >= 4 is 46.4 Å². The van der Waals surface area contributed by atoms with Gasteiger partial charge in [-0.2, -0.15) is 0 Å². The number of rotatable bonds is 7. The topological polar surface area (TPSA) is 74.3 Å². The zero-order valence-electron chi connectivity index (χ0n) is 18.1. The van der Waals surface area contributed by atoms with Gasteiger partial charge in [0.05, 0.1) is 22.3 Å². The molecule has 2 aliphatic rings. The summed E-state index contributed by atoms with van der Waals surface area (Å²) in [5.41, 5.74) is 0.646. The van der Waals surface area contributed by atoms with Crippen LogP contribution in [0.3, 0.4) is 0 Å². The lowest BCUT2D eigenvalue weighted by Crippen LogP contribution is -2.47. The standard InChI is InChI=1S/C23H28Cl2N4O2S/c1-2-10-29-11-4-7-18(29)21(30)27-14-8-9-15(12-14)28-22(31)19-13-26-23(32-19)20-16(24)5-3-6-17(20)25/h3,5-6,13-15,18H,2,4,7-12H2,1H3,(H,27,30)(H,28,31)/t14-,15+,18?/m1/s1. The Kier molecular flexibility index (Phi) is 7.71. The third-order valence-electron chi connectivity index (χ3n) is 6.20. The van der Waals surface area contributed by atoms with Crippen LogP contribution in [-0.4, -0.2) is 52.9 Å². The van der Waals surface area contributed by atoms with Crippen molar-refractivity contribution in [2.45, 2.75) is 63.6 Å². The zero-order chi connectivity index (χ0) is 22.7. The van der Waals surface area contributed by atoms with E-state index >= 15 is 0 Å². The number of thiazole rings is 1. The number of carbonyl (C=O) groups excluding carboxylic acids is 2. The molecule has 2 aromatic rings. The van der Waals surface area contributed by atoms with Crippen molar-refractivity contribution < 1.29 is 9.59 Å². The quantitative estimate of drug-likeness (QED) is 0.581. The average molecular weight is 495 g/mol. The Bertz CT molecular complexity index is 962. The summed E-state index contributed by atoms with van der Waals surface area (Å²) >= 11 is 13.8. The third kappa shape index (κ3) is 5.28. The summed E-state index contributed by atoms with van der Waals surface area (Å²) in [6, 6.07) is 5.43. The van der Waals surface area contributed by atoms with Crippen LogP contribution in [0.4, 0.5) is 0 Å². The first kappa shape index (κ1) is 23.5. The molecular formula is C23H28Cl2N4O2S. The summed E-state index contributed by atoms with van der Waals surface area (Å²) < 4.78 is 0. The highest BCUT2D eigenvalue weighted by molar-refractivity contribution is 7.17. The highest BCUT2D eigenvalue weighted by Crippen LogP contribution is 2.36. The smallest absolute Gasteiger partial charge is 0.263 e. The summed E-state index contributed by atoms with van der Waals surface area (Å²) in [5, 5.41) is 7.95. The molecule has 1 aliphatic heterocycles. The molecule has 3 atom stereocenters. The van der Waals surface area contributed by atoms with Crippen molar-refractivity contribution in [3.8, 4) is 10.6 Å². The number of nitrogens with one attached hydrogen (secondary N) is 2. The lowest BCUT2D eigenvalue weighted by molar-refractivity contribution is -0.126. The molecule has 2 amide bonds. The Balaban J connectivity index is 1.31. The third-order valence-corrected chi connectivity index (χ3v) is 7.84. The summed E-state index contributed by atoms with van der Waals surface area (Å²) in [5.74, 6) is -0.0181. The molecule has 0 radical (unpaired) electrons. The van der Waals surface area contributed by atoms with Crippen LogP contribution in [-0.2, 0) is 4.79 Å². The number of carbonyl (C=O) groups is 2. The van der Waals surface area contributed by atoms with Gasteiger partial charge in [-0.05, 0) is 63.7 Å². The number of amides is 2. The molecule has 6 nitrogen and oxygen atoms in total. The van der Waals surface area contributed by atoms with Crippen LogP contribution >= 0.6 is 34.5 Å². The molecule has 172 valence electrons. The molecule has 1 saturated carbocycles. The molecule has 2 heterocycles. The molecule has 1 unspecified atom stereocenters. The second-order valence-corrected chi connectivity index (χ2v) is 10.4. The van der Waals surface area contributed by atoms with Crippen molar-refractivity contribution in [1.82, 2.24) is 20.5 Å². The van der Waals surface area contributed by atoms with E-state index in [1.165, 1.54) is 11.3 Å². The van der Waals surface area contributed by atoms with Crippen LogP contribution < -0.4 is 10.6 Å². The maximum absolute atomic E-state index is 12.8. The first-order chi connectivity index (χ1) is 15.5. The minimum Gasteiger partial charge on any atom is -0.352 e. The Morgan fingerprint density at radius 1 is 1.16 bits per heavy atom. The van der Waals surface area contributed by atoms with Gasteiger partial charge in [-0.25, -0.2) is 4.98 Å². The van der Waals surface area contributed by atoms with Crippen molar-refractivity contribution in [3.05, 3.63) is 39.3 Å². The number of hydrogen-bond acceptors (Lipinski definition) is 5. The highest BCUT2D eigenvalue weighted by Gasteiger charge is 2.33. The van der Waals surface area contributed by atoms with Gasteiger partial charge in [0.1, 0.15) is 9.88 Å². The molecule has 1 saturated heterocycles. The Morgan fingerprint density at radius 3 is 2.59 bits per heavy atom. The van der Waals surface area contributed by atoms with E-state index in [1.807, 2.05) is 0 Å². The van der Waals surface area contributed by atoms with Crippen LogP contribution in [0.2, 0.25) is 10.0 Å². The van der Waals surface area contributed by atoms with E-state index in [0.29, 0.717) is 25.5 Å². The molecule has 1 aromatic carbocycles. The second-order valence-electron chi connectivity index (χ2n) is 8.51. The lowest BCUT2D eigenvalue weighted by Gasteiger charge is -2.24. The van der Waals surface area contributed by atoms with Crippen molar-refractivity contribution in [2.75, 3.05) is 13.1 Å². The van der Waals surface area contributed by atoms with Gasteiger partial charge < -0.3 is 10.6 Å². The SMILES string of the molecule is CCCN1CCCC1C(=O)N[C@@H]1CC[C@H](NC(=O)c2cnc(-c3c(Cl)cccc3Cl)s2)C1. The fourth-order valence-electron chi connectivity index (χ4n) is 4.67. The minimum absolute atomic E-state index is 0.00385. The largest absolute Gasteiger partial charge is 0.352 e. The summed E-state index contributed by atoms with van der Waals surface area (Å²) in [6.07, 6.45) is 7.11. The number of aromatic nitrogens is 1. The van der Waals surface area contributed by atoms with Crippen LogP contribution in [0.5, 0.6) is 0 Å². The Hall–Kier alpha value is -1.67. The number of likely N-dealkylation sites (tertiary alicyclic amines) is 1. The molecular weight excluding hydrogens is 467 g/mol. The van der Waals surface area contributed by atoms with Crippen LogP contribution in [0.25, 0.3) is 10.6 Å². The number of nitrogens with zero attached hydrogens (tertiary/aromatic N) is 2. The molecule has 2 N–H and O–H groups in total. The van der Waals surface area contributed by atoms with E-state index in [0.717, 1.165) is 51.6 Å². The van der Waals surface area contributed by atoms with Crippen LogP contribution in [0, 0.1) is 0 Å². The molecule has 0 spiro atoms. The molecule has 9 heteroatoms. The Labute approximate surface area is 202 Å². The van der Waals surface area contributed by atoms with Gasteiger partial charge in [0.2, 0.25) is 5.91 Å². The van der Waals surface area contributed by atoms with Gasteiger partial charge in [0.15, 0.2) is 0 Å². The van der Waals surface area contributed by atoms with Crippen molar-refractivity contribution in [2.24, 2.45) is 0 Å². The Morgan fingerprint density at radius 2 is 1.88 bits per heavy atom. The van der Waals surface area contributed by atoms with E-state index in [1.54, 1.807) is 24.4 Å². The van der Waals surface area contributed by atoms with Crippen molar-refractivity contribution in [1.29, 1.82) is 0 Å². The predicted octanol–water partition coefficient (Wildman–Crippen LogP) is 4.76. The van der Waals surface area contributed by atoms with Crippen LogP contribution in [0.1, 0.15) is 55.1 Å². The van der Waals surface area contributed by atoms with Gasteiger partial charge >= 0.3 is 0 Å². The van der Waals surface area contributed by atoms with Gasteiger partial charge in [0.25, 0.3) is 5.91 Å². The fourth-order valence-corrected chi connectivity index (χ4v) is 6.25. The van der Waals surface area contributed by atoms with Crippen LogP contribution in [0.15, 0.2) is 24.4 Å². The predicted molar refractivity (Wildman–Crippen MR) is 129 cm³/mol. The van der Waals surface area contributed by atoms with Gasteiger partial charge in [0, 0.05) is 17.6 Å². The number of halogens is 2. The monoisotopic (exact) mass is 494 g/mol. The molecule has 4 rings (SSSR count). The van der Waals surface area contributed by atoms with Gasteiger partial charge in [-0.3, -0.25) is 14.5 Å². The van der Waals surface area contributed by atoms with E-state index < -0.39 is 0 Å². The van der Waals surface area contributed by atoms with E-state index in [9.17, 15) is 9.59 Å². The molecule has 2 fully saturated rings. The van der Waals surface area contributed by atoms with Gasteiger partial charge in [-0.1, -0.05) is 36.2 Å². The summed E-state index contributed by atoms with van der Waals surface area (Å²) in [4.78, 5) is 32.7. The first-order valence-corrected chi connectivity index (χ1v) is 12.8. The zero-order valence-corrected chi connectivity index (χ0v) is 20.4. The first-order valence-electron chi connectivity index (χ1n) is 11.2. The van der Waals surface area contributed by atoms with E-state index in [2.05, 4.69) is 27.4 Å². The van der Waals surface area contributed by atoms with Crippen molar-refractivity contribution in [3.63, 3.8) is 0 Å². The fraction of sp³-hybridized carbons (Fsp3) is 0.522. The lowest BCUT2D eigenvalue weighted by atomic mass is 10.1. The average Bonchev–Trinajstić information content (AvgIpc) is 3.50. The molecule has 0 bridgehead atoms. The molecule has 1 aliphatic carbocycles. The molecule has 1 aromatic heterocycles. The normalized spacial score (nSPS) is 23.4. The highest BCUT2D eigenvalue weighted by atomic mass is 35.5. The number of benzene rings is 1. The minimum atomic E-state index is -0.154. The number of hydrogen-bond donors (Lipinski definition) is 2. The molecule has 32 heavy (non-hydrogen) atoms. The van der Waals surface area contributed by atoms with E-state index in [4.69, 9.17) is 23.2 Å². The van der Waals surface area contributed by atoms with Gasteiger partial charge in [-0.15, -0.1) is 11.3 Å². The summed E-state index contributed by atoms with van der Waals surface area (Å²) in [7, 11) is 0. The second kappa shape index (κ2) is 10.5. The summed E-state index contributed by atoms with van der Waals surface area (Å²) in [6.45, 7) is 4.12.